The first-order valence-electron chi connectivity index (χ1n) is 6.42. The zero-order valence-electron chi connectivity index (χ0n) is 12.4. The molecular weight excluding hydrogens is 333 g/mol. The van der Waals surface area contributed by atoms with Crippen LogP contribution in [0.5, 0.6) is 5.75 Å². The number of alkyl halides is 3. The van der Waals surface area contributed by atoms with Crippen LogP contribution < -0.4 is 5.32 Å². The van der Waals surface area contributed by atoms with Gasteiger partial charge >= 0.3 is 11.9 Å². The number of phenols is 1. The number of halogens is 3. The van der Waals surface area contributed by atoms with Gasteiger partial charge in [0, 0.05) is 12.7 Å². The molecule has 2 N–H and O–H groups in total. The Balaban J connectivity index is 2.40. The summed E-state index contributed by atoms with van der Waals surface area (Å²) in [6.07, 6.45) is -4.82. The van der Waals surface area contributed by atoms with E-state index >= 15 is 0 Å². The lowest BCUT2D eigenvalue weighted by Crippen LogP contribution is -2.18. The van der Waals surface area contributed by atoms with Crippen molar-refractivity contribution < 1.29 is 28.0 Å². The van der Waals surface area contributed by atoms with Gasteiger partial charge in [0.15, 0.2) is 0 Å². The van der Waals surface area contributed by atoms with Gasteiger partial charge in [0.2, 0.25) is 5.69 Å². The van der Waals surface area contributed by atoms with E-state index in [1.165, 1.54) is 14.0 Å². The molecule has 128 valence electrons. The Morgan fingerprint density at radius 3 is 2.58 bits per heavy atom. The molecule has 2 aromatic rings. The lowest BCUT2D eigenvalue weighted by Gasteiger charge is -2.11. The zero-order valence-corrected chi connectivity index (χ0v) is 12.4. The van der Waals surface area contributed by atoms with Gasteiger partial charge in [0.25, 0.3) is 5.91 Å². The fraction of sp³-hybridized carbons (Fsp3) is 0.231. The van der Waals surface area contributed by atoms with E-state index in [1.807, 2.05) is 0 Å². The molecule has 0 aliphatic rings. The third-order valence-electron chi connectivity index (χ3n) is 3.15. The summed E-state index contributed by atoms with van der Waals surface area (Å²) < 4.78 is 39.2. The number of aromatic hydroxyl groups is 1. The molecule has 11 heteroatoms. The minimum Gasteiger partial charge on any atom is -0.507 e. The number of amides is 1. The smallest absolute Gasteiger partial charge is 0.420 e. The predicted octanol–water partition coefficient (Wildman–Crippen LogP) is 2.61. The van der Waals surface area contributed by atoms with Crippen LogP contribution in [0.15, 0.2) is 18.2 Å². The summed E-state index contributed by atoms with van der Waals surface area (Å²) in [6.45, 7) is 1.33. The van der Waals surface area contributed by atoms with E-state index in [2.05, 4.69) is 10.4 Å². The van der Waals surface area contributed by atoms with E-state index < -0.39 is 39.7 Å². The number of carbonyl (C=O) groups excluding carboxylic acids is 1. The zero-order chi connectivity index (χ0) is 18.2. The van der Waals surface area contributed by atoms with Crippen LogP contribution in [0.4, 0.5) is 24.5 Å². The Morgan fingerprint density at radius 1 is 1.42 bits per heavy atom. The largest absolute Gasteiger partial charge is 0.507 e. The maximum atomic E-state index is 12.8. The van der Waals surface area contributed by atoms with Crippen molar-refractivity contribution in [2.45, 2.75) is 13.1 Å². The molecule has 0 fully saturated rings. The Morgan fingerprint density at radius 2 is 2.04 bits per heavy atom. The van der Waals surface area contributed by atoms with Crippen LogP contribution in [-0.2, 0) is 13.2 Å². The number of rotatable bonds is 3. The summed E-state index contributed by atoms with van der Waals surface area (Å²) in [5.41, 5.74) is -2.56. The number of benzene rings is 1. The van der Waals surface area contributed by atoms with E-state index in [-0.39, 0.29) is 11.4 Å². The van der Waals surface area contributed by atoms with Gasteiger partial charge in [0.1, 0.15) is 11.4 Å². The highest BCUT2D eigenvalue weighted by atomic mass is 19.4. The number of nitro groups is 1. The van der Waals surface area contributed by atoms with E-state index in [9.17, 15) is 33.2 Å². The summed E-state index contributed by atoms with van der Waals surface area (Å²) >= 11 is 0. The summed E-state index contributed by atoms with van der Waals surface area (Å²) in [4.78, 5) is 22.4. The van der Waals surface area contributed by atoms with Crippen molar-refractivity contribution >= 4 is 17.3 Å². The second kappa shape index (κ2) is 5.83. The van der Waals surface area contributed by atoms with Crippen LogP contribution in [0.2, 0.25) is 0 Å². The molecular formula is C13H11F3N4O4. The number of carbonyl (C=O) groups is 1. The van der Waals surface area contributed by atoms with Gasteiger partial charge in [-0.15, -0.1) is 0 Å². The van der Waals surface area contributed by atoms with E-state index in [1.54, 1.807) is 0 Å². The minimum absolute atomic E-state index is 0.00524. The monoisotopic (exact) mass is 344 g/mol. The summed E-state index contributed by atoms with van der Waals surface area (Å²) in [7, 11) is 1.30. The van der Waals surface area contributed by atoms with Crippen molar-refractivity contribution in [3.63, 3.8) is 0 Å². The highest BCUT2D eigenvalue weighted by molar-refractivity contribution is 6.06. The number of nitrogens with zero attached hydrogens (tertiary/aromatic N) is 3. The number of aromatic nitrogens is 2. The summed E-state index contributed by atoms with van der Waals surface area (Å²) in [5.74, 6) is -1.99. The van der Waals surface area contributed by atoms with Crippen LogP contribution in [0.25, 0.3) is 0 Å². The Kier molecular flexibility index (Phi) is 4.19. The Labute approximate surface area is 132 Å². The lowest BCUT2D eigenvalue weighted by atomic mass is 10.1. The second-order valence-electron chi connectivity index (χ2n) is 4.85. The van der Waals surface area contributed by atoms with Gasteiger partial charge in [0.05, 0.1) is 10.5 Å². The maximum absolute atomic E-state index is 12.8. The molecule has 2 rings (SSSR count). The summed E-state index contributed by atoms with van der Waals surface area (Å²) in [6, 6.07) is 2.33. The topological polar surface area (TPSA) is 110 Å². The van der Waals surface area contributed by atoms with Crippen molar-refractivity contribution in [2.75, 3.05) is 5.32 Å². The van der Waals surface area contributed by atoms with Crippen LogP contribution in [0.1, 0.15) is 21.7 Å². The van der Waals surface area contributed by atoms with Gasteiger partial charge in [-0.2, -0.15) is 18.3 Å². The summed E-state index contributed by atoms with van der Waals surface area (Å²) in [5, 5.41) is 26.2. The van der Waals surface area contributed by atoms with Gasteiger partial charge < -0.3 is 10.4 Å². The van der Waals surface area contributed by atoms with E-state index in [0.29, 0.717) is 6.07 Å². The third kappa shape index (κ3) is 3.14. The van der Waals surface area contributed by atoms with Gasteiger partial charge in [-0.3, -0.25) is 19.6 Å². The molecule has 0 unspecified atom stereocenters. The average Bonchev–Trinajstić information content (AvgIpc) is 2.74. The minimum atomic E-state index is -4.82. The molecule has 24 heavy (non-hydrogen) atoms. The number of phenolic OH excluding ortho intramolecular Hbond substituents is 1. The number of anilines is 1. The molecule has 1 amide bonds. The van der Waals surface area contributed by atoms with Crippen LogP contribution in [0.3, 0.4) is 0 Å². The number of nitrogens with one attached hydrogen (secondary N) is 1. The van der Waals surface area contributed by atoms with Crippen molar-refractivity contribution in [3.05, 3.63) is 45.3 Å². The van der Waals surface area contributed by atoms with E-state index in [4.69, 9.17) is 0 Å². The molecule has 0 bridgehead atoms. The normalized spacial score (nSPS) is 11.4. The first kappa shape index (κ1) is 17.2. The standard InChI is InChI=1S/C13H11F3N4O4/c1-6-10(20(23)24)11(19(2)18-6)12(22)17-7-3-4-9(21)8(5-7)13(14,15)16/h3-5,21H,1-2H3,(H,17,22). The molecule has 0 aliphatic heterocycles. The average molecular weight is 344 g/mol. The first-order valence-corrected chi connectivity index (χ1v) is 6.42. The second-order valence-corrected chi connectivity index (χ2v) is 4.85. The SMILES string of the molecule is Cc1nn(C)c(C(=O)Nc2ccc(O)c(C(F)(F)F)c2)c1[N+](=O)[O-]. The lowest BCUT2D eigenvalue weighted by molar-refractivity contribution is -0.385. The van der Waals surface area contributed by atoms with Gasteiger partial charge in [-0.05, 0) is 25.1 Å². The Hall–Kier alpha value is -3.11. The molecule has 0 saturated heterocycles. The highest BCUT2D eigenvalue weighted by Gasteiger charge is 2.35. The predicted molar refractivity (Wildman–Crippen MR) is 75.7 cm³/mol. The number of hydrogen-bond acceptors (Lipinski definition) is 5. The molecule has 1 aromatic heterocycles. The van der Waals surface area contributed by atoms with Crippen molar-refractivity contribution in [2.24, 2.45) is 7.05 Å². The fourth-order valence-electron chi connectivity index (χ4n) is 2.15. The van der Waals surface area contributed by atoms with Crippen LogP contribution >= 0.6 is 0 Å². The fourth-order valence-corrected chi connectivity index (χ4v) is 2.15. The molecule has 1 aromatic carbocycles. The van der Waals surface area contributed by atoms with E-state index in [0.717, 1.165) is 16.8 Å². The first-order chi connectivity index (χ1) is 11.0. The molecule has 0 spiro atoms. The van der Waals surface area contributed by atoms with Crippen LogP contribution in [0, 0.1) is 17.0 Å². The third-order valence-corrected chi connectivity index (χ3v) is 3.15. The van der Waals surface area contributed by atoms with Crippen molar-refractivity contribution in [1.29, 1.82) is 0 Å². The maximum Gasteiger partial charge on any atom is 0.420 e. The number of aryl methyl sites for hydroxylation is 2. The van der Waals surface area contributed by atoms with Crippen LogP contribution in [-0.4, -0.2) is 25.7 Å². The highest BCUT2D eigenvalue weighted by Crippen LogP contribution is 2.37. The molecule has 0 aliphatic carbocycles. The molecule has 1 heterocycles. The molecule has 0 radical (unpaired) electrons. The molecule has 0 saturated carbocycles. The molecule has 0 atom stereocenters. The Bertz CT molecular complexity index is 829. The molecule has 8 nitrogen and oxygen atoms in total. The number of hydrogen-bond donors (Lipinski definition) is 2. The van der Waals surface area contributed by atoms with Gasteiger partial charge in [-0.25, -0.2) is 0 Å². The quantitative estimate of drug-likeness (QED) is 0.505. The van der Waals surface area contributed by atoms with Crippen molar-refractivity contribution in [1.82, 2.24) is 9.78 Å². The van der Waals surface area contributed by atoms with Crippen molar-refractivity contribution in [3.8, 4) is 5.75 Å². The van der Waals surface area contributed by atoms with Gasteiger partial charge in [-0.1, -0.05) is 0 Å².